The molecule has 1 aromatic heterocycles. The highest BCUT2D eigenvalue weighted by Gasteiger charge is 2.47. The fraction of sp³-hybridized carbons (Fsp3) is 0.417. The van der Waals surface area contributed by atoms with Gasteiger partial charge in [0.1, 0.15) is 5.75 Å². The summed E-state index contributed by atoms with van der Waals surface area (Å²) < 4.78 is 41.4. The molecular weight excluding hydrogens is 447 g/mol. The molecule has 178 valence electrons. The Morgan fingerprint density at radius 2 is 1.79 bits per heavy atom. The Morgan fingerprint density at radius 1 is 1.03 bits per heavy atom. The van der Waals surface area contributed by atoms with Gasteiger partial charge in [-0.05, 0) is 64.1 Å². The van der Waals surface area contributed by atoms with Gasteiger partial charge in [0.05, 0.1) is 0 Å². The van der Waals surface area contributed by atoms with Gasteiger partial charge in [-0.2, -0.15) is 0 Å². The van der Waals surface area contributed by atoms with Crippen molar-refractivity contribution < 1.29 is 22.7 Å². The van der Waals surface area contributed by atoms with Crippen molar-refractivity contribution in [1.29, 1.82) is 0 Å². The zero-order chi connectivity index (χ0) is 23.7. The number of H-pyrrole nitrogens is 1. The van der Waals surface area contributed by atoms with Gasteiger partial charge in [-0.25, -0.2) is 5.10 Å². The smallest absolute Gasteiger partial charge is 0.406 e. The molecular formula is C24H24F3N5O2. The largest absolute Gasteiger partial charge is 0.573 e. The standard InChI is InChI=1S/C24H24F3N5O2/c25-24(26,27)34-17-9-6-15(7-10-17)18-11-8-16(12-20(18)22-29-31-32-30-22)28-23(33)21-13-19(21)14-4-2-1-3-5-14/h6-12,14,19,21H,1-5,13H2,(H,28,33)(H,29,30,31,32). The molecule has 1 heterocycles. The topological polar surface area (TPSA) is 92.8 Å². The Bertz CT molecular complexity index is 1140. The van der Waals surface area contributed by atoms with E-state index in [1.807, 2.05) is 0 Å². The fourth-order valence-electron chi connectivity index (χ4n) is 5.01. The van der Waals surface area contributed by atoms with Crippen molar-refractivity contribution >= 4 is 11.6 Å². The predicted molar refractivity (Wildman–Crippen MR) is 119 cm³/mol. The lowest BCUT2D eigenvalue weighted by molar-refractivity contribution is -0.274. The summed E-state index contributed by atoms with van der Waals surface area (Å²) in [6, 6.07) is 10.9. The third-order valence-corrected chi connectivity index (χ3v) is 6.72. The maximum absolute atomic E-state index is 12.9. The van der Waals surface area contributed by atoms with Crippen LogP contribution in [0.25, 0.3) is 22.5 Å². The normalized spacial score (nSPS) is 20.7. The highest BCUT2D eigenvalue weighted by molar-refractivity contribution is 5.96. The van der Waals surface area contributed by atoms with E-state index in [-0.39, 0.29) is 17.6 Å². The zero-order valence-corrected chi connectivity index (χ0v) is 18.3. The molecule has 10 heteroatoms. The molecule has 2 aliphatic carbocycles. The van der Waals surface area contributed by atoms with Gasteiger partial charge >= 0.3 is 6.36 Å². The number of carbonyl (C=O) groups excluding carboxylic acids is 1. The third kappa shape index (κ3) is 5.05. The molecule has 2 atom stereocenters. The monoisotopic (exact) mass is 471 g/mol. The maximum Gasteiger partial charge on any atom is 0.573 e. The summed E-state index contributed by atoms with van der Waals surface area (Å²) in [5, 5.41) is 17.0. The number of halogens is 3. The summed E-state index contributed by atoms with van der Waals surface area (Å²) in [5.74, 6) is 1.30. The van der Waals surface area contributed by atoms with Gasteiger partial charge in [0.15, 0.2) is 5.82 Å². The van der Waals surface area contributed by atoms with Gasteiger partial charge in [-0.1, -0.05) is 50.3 Å². The number of benzene rings is 2. The van der Waals surface area contributed by atoms with Gasteiger partial charge in [0, 0.05) is 17.2 Å². The molecule has 1 amide bonds. The number of hydrogen-bond donors (Lipinski definition) is 2. The SMILES string of the molecule is O=C(Nc1ccc(-c2ccc(OC(F)(F)F)cc2)c(-c2nnn[nH]2)c1)C1CC1C1CCCCC1. The molecule has 2 aromatic carbocycles. The quantitative estimate of drug-likeness (QED) is 0.489. The first-order chi connectivity index (χ1) is 16.4. The van der Waals surface area contributed by atoms with Crippen LogP contribution >= 0.6 is 0 Å². The number of alkyl halides is 3. The number of aromatic amines is 1. The lowest BCUT2D eigenvalue weighted by Gasteiger charge is -2.21. The van der Waals surface area contributed by atoms with E-state index in [0.717, 1.165) is 6.42 Å². The molecule has 0 aliphatic heterocycles. The summed E-state index contributed by atoms with van der Waals surface area (Å²) in [4.78, 5) is 12.9. The minimum Gasteiger partial charge on any atom is -0.406 e. The molecule has 2 unspecified atom stereocenters. The van der Waals surface area contributed by atoms with E-state index in [0.29, 0.717) is 40.0 Å². The second kappa shape index (κ2) is 9.08. The van der Waals surface area contributed by atoms with E-state index >= 15 is 0 Å². The van der Waals surface area contributed by atoms with Gasteiger partial charge in [0.2, 0.25) is 5.91 Å². The number of ether oxygens (including phenoxy) is 1. The number of nitrogens with one attached hydrogen (secondary N) is 2. The molecule has 2 N–H and O–H groups in total. The van der Waals surface area contributed by atoms with Crippen LogP contribution < -0.4 is 10.1 Å². The number of aromatic nitrogens is 4. The fourth-order valence-corrected chi connectivity index (χ4v) is 5.01. The molecule has 2 aliphatic rings. The van der Waals surface area contributed by atoms with Crippen LogP contribution in [0.2, 0.25) is 0 Å². The van der Waals surface area contributed by atoms with E-state index in [1.165, 1.54) is 56.4 Å². The number of anilines is 1. The first-order valence-electron chi connectivity index (χ1n) is 11.4. The molecule has 3 aromatic rings. The summed E-state index contributed by atoms with van der Waals surface area (Å²) >= 11 is 0. The number of tetrazole rings is 1. The van der Waals surface area contributed by atoms with Crippen molar-refractivity contribution in [2.24, 2.45) is 17.8 Å². The number of rotatable bonds is 6. The van der Waals surface area contributed by atoms with Gasteiger partial charge in [-0.3, -0.25) is 4.79 Å². The molecule has 2 saturated carbocycles. The number of carbonyl (C=O) groups is 1. The molecule has 0 bridgehead atoms. The first kappa shape index (κ1) is 22.4. The van der Waals surface area contributed by atoms with Crippen molar-refractivity contribution in [3.8, 4) is 28.3 Å². The summed E-state index contributed by atoms with van der Waals surface area (Å²) in [7, 11) is 0. The maximum atomic E-state index is 12.9. The third-order valence-electron chi connectivity index (χ3n) is 6.72. The van der Waals surface area contributed by atoms with E-state index < -0.39 is 6.36 Å². The van der Waals surface area contributed by atoms with Crippen LogP contribution in [0, 0.1) is 17.8 Å². The number of nitrogens with zero attached hydrogens (tertiary/aromatic N) is 3. The van der Waals surface area contributed by atoms with Crippen LogP contribution in [0.5, 0.6) is 5.75 Å². The van der Waals surface area contributed by atoms with Crippen LogP contribution in [-0.2, 0) is 4.79 Å². The van der Waals surface area contributed by atoms with E-state index in [1.54, 1.807) is 18.2 Å². The van der Waals surface area contributed by atoms with E-state index in [4.69, 9.17) is 0 Å². The number of hydrogen-bond acceptors (Lipinski definition) is 5. The second-order valence-corrected chi connectivity index (χ2v) is 8.98. The van der Waals surface area contributed by atoms with Crippen molar-refractivity contribution in [3.05, 3.63) is 42.5 Å². The Hall–Kier alpha value is -3.43. The van der Waals surface area contributed by atoms with Crippen molar-refractivity contribution in [3.63, 3.8) is 0 Å². The lowest BCUT2D eigenvalue weighted by Crippen LogP contribution is -2.18. The summed E-state index contributed by atoms with van der Waals surface area (Å²) in [5.41, 5.74) is 2.58. The summed E-state index contributed by atoms with van der Waals surface area (Å²) in [6.07, 6.45) is 2.44. The Kier molecular flexibility index (Phi) is 5.97. The van der Waals surface area contributed by atoms with Crippen LogP contribution in [0.15, 0.2) is 42.5 Å². The lowest BCUT2D eigenvalue weighted by atomic mass is 9.85. The molecule has 34 heavy (non-hydrogen) atoms. The molecule has 0 spiro atoms. The molecule has 0 saturated heterocycles. The average molecular weight is 471 g/mol. The van der Waals surface area contributed by atoms with Crippen molar-refractivity contribution in [2.45, 2.75) is 44.9 Å². The zero-order valence-electron chi connectivity index (χ0n) is 18.3. The van der Waals surface area contributed by atoms with E-state index in [2.05, 4.69) is 30.7 Å². The average Bonchev–Trinajstić information content (AvgIpc) is 3.44. The first-order valence-corrected chi connectivity index (χ1v) is 11.4. The van der Waals surface area contributed by atoms with Gasteiger partial charge in [0.25, 0.3) is 0 Å². The van der Waals surface area contributed by atoms with Crippen molar-refractivity contribution in [2.75, 3.05) is 5.32 Å². The minimum absolute atomic E-state index is 0.0265. The molecule has 0 radical (unpaired) electrons. The Balaban J connectivity index is 1.35. The van der Waals surface area contributed by atoms with Gasteiger partial charge < -0.3 is 10.1 Å². The highest BCUT2D eigenvalue weighted by atomic mass is 19.4. The Morgan fingerprint density at radius 3 is 2.47 bits per heavy atom. The molecule has 5 rings (SSSR count). The van der Waals surface area contributed by atoms with Gasteiger partial charge in [-0.15, -0.1) is 18.3 Å². The number of amides is 1. The molecule has 2 fully saturated rings. The van der Waals surface area contributed by atoms with Crippen LogP contribution in [0.1, 0.15) is 38.5 Å². The predicted octanol–water partition coefficient (Wildman–Crippen LogP) is 5.59. The Labute approximate surface area is 194 Å². The van der Waals surface area contributed by atoms with Crippen molar-refractivity contribution in [1.82, 2.24) is 20.6 Å². The summed E-state index contributed by atoms with van der Waals surface area (Å²) in [6.45, 7) is 0. The van der Waals surface area contributed by atoms with Crippen LogP contribution in [0.3, 0.4) is 0 Å². The van der Waals surface area contributed by atoms with Crippen LogP contribution in [-0.4, -0.2) is 32.9 Å². The second-order valence-electron chi connectivity index (χ2n) is 8.98. The van der Waals surface area contributed by atoms with Crippen LogP contribution in [0.4, 0.5) is 18.9 Å². The minimum atomic E-state index is -4.75. The highest BCUT2D eigenvalue weighted by Crippen LogP contribution is 2.49. The molecule has 7 nitrogen and oxygen atoms in total. The van der Waals surface area contributed by atoms with E-state index in [9.17, 15) is 18.0 Å².